The molecule has 0 saturated carbocycles. The fraction of sp³-hybridized carbons (Fsp3) is 0.300. The molecule has 0 spiro atoms. The zero-order chi connectivity index (χ0) is 18.5. The number of nitrogens with one attached hydrogen (secondary N) is 1. The molecule has 2 aromatic heterocycles. The van der Waals surface area contributed by atoms with E-state index in [0.29, 0.717) is 32.3 Å². The van der Waals surface area contributed by atoms with Gasteiger partial charge in [0.25, 0.3) is 0 Å². The summed E-state index contributed by atoms with van der Waals surface area (Å²) in [5.41, 5.74) is 4.82. The third kappa shape index (κ3) is 4.27. The van der Waals surface area contributed by atoms with E-state index >= 15 is 0 Å². The van der Waals surface area contributed by atoms with Crippen LogP contribution in [0.2, 0.25) is 0 Å². The topological polar surface area (TPSA) is 82.1 Å². The van der Waals surface area contributed by atoms with Crippen LogP contribution in [0.15, 0.2) is 49.2 Å². The number of ether oxygens (including phenoxy) is 2. The van der Waals surface area contributed by atoms with E-state index in [1.165, 1.54) is 11.9 Å². The largest absolute Gasteiger partial charge is 0.376 e. The first-order valence-electron chi connectivity index (χ1n) is 8.92. The number of hydrogen-bond acceptors (Lipinski definition) is 7. The summed E-state index contributed by atoms with van der Waals surface area (Å²) in [6.45, 7) is 4.51. The average Bonchev–Trinajstić information content (AvgIpc) is 2.74. The molecule has 0 amide bonds. The van der Waals surface area contributed by atoms with Crippen molar-refractivity contribution in [2.45, 2.75) is 13.0 Å². The summed E-state index contributed by atoms with van der Waals surface area (Å²) in [6.07, 6.45) is 6.86. The number of nitrogens with zero attached hydrogens (tertiary/aromatic N) is 4. The predicted octanol–water partition coefficient (Wildman–Crippen LogP) is 2.74. The van der Waals surface area contributed by atoms with E-state index in [1.54, 1.807) is 18.6 Å². The second-order valence-electron chi connectivity index (χ2n) is 6.40. The van der Waals surface area contributed by atoms with Crippen LogP contribution in [0.4, 0.5) is 5.95 Å². The summed E-state index contributed by atoms with van der Waals surface area (Å²) in [5.74, 6) is 0.556. The third-order valence-corrected chi connectivity index (χ3v) is 4.36. The van der Waals surface area contributed by atoms with Gasteiger partial charge in [-0.3, -0.25) is 0 Å². The summed E-state index contributed by atoms with van der Waals surface area (Å²) in [5, 5.41) is 3.26. The second kappa shape index (κ2) is 8.20. The maximum atomic E-state index is 5.66. The highest BCUT2D eigenvalue weighted by atomic mass is 16.6. The first-order chi connectivity index (χ1) is 13.3. The average molecular weight is 363 g/mol. The van der Waals surface area contributed by atoms with Crippen LogP contribution in [-0.4, -0.2) is 52.4 Å². The van der Waals surface area contributed by atoms with Crippen molar-refractivity contribution in [1.29, 1.82) is 0 Å². The smallest absolute Gasteiger partial charge is 0.223 e. The van der Waals surface area contributed by atoms with E-state index < -0.39 is 0 Å². The molecule has 1 fully saturated rings. The van der Waals surface area contributed by atoms with Gasteiger partial charge in [0.05, 0.1) is 31.6 Å². The Bertz CT molecular complexity index is 881. The summed E-state index contributed by atoms with van der Waals surface area (Å²) in [4.78, 5) is 17.5. The van der Waals surface area contributed by atoms with Crippen LogP contribution >= 0.6 is 0 Å². The molecule has 138 valence electrons. The molecule has 1 aliphatic rings. The van der Waals surface area contributed by atoms with Crippen molar-refractivity contribution in [2.75, 3.05) is 31.7 Å². The highest BCUT2D eigenvalue weighted by Crippen LogP contribution is 2.30. The monoisotopic (exact) mass is 363 g/mol. The van der Waals surface area contributed by atoms with Gasteiger partial charge in [-0.05, 0) is 6.92 Å². The van der Waals surface area contributed by atoms with E-state index in [2.05, 4.69) is 51.5 Å². The van der Waals surface area contributed by atoms with Crippen LogP contribution < -0.4 is 5.32 Å². The molecule has 1 saturated heterocycles. The minimum atomic E-state index is 0.00683. The Kier molecular flexibility index (Phi) is 5.32. The molecule has 3 heterocycles. The van der Waals surface area contributed by atoms with E-state index in [4.69, 9.17) is 14.5 Å². The van der Waals surface area contributed by atoms with Crippen molar-refractivity contribution in [1.82, 2.24) is 19.9 Å². The van der Waals surface area contributed by atoms with Crippen LogP contribution in [0.5, 0.6) is 0 Å². The number of anilines is 1. The van der Waals surface area contributed by atoms with E-state index in [9.17, 15) is 0 Å². The number of aromatic nitrogens is 4. The maximum Gasteiger partial charge on any atom is 0.223 e. The Morgan fingerprint density at radius 3 is 2.59 bits per heavy atom. The van der Waals surface area contributed by atoms with Crippen molar-refractivity contribution in [3.05, 3.63) is 54.7 Å². The Balaban J connectivity index is 1.64. The summed E-state index contributed by atoms with van der Waals surface area (Å²) < 4.78 is 11.1. The first-order valence-corrected chi connectivity index (χ1v) is 8.92. The number of rotatable bonds is 5. The van der Waals surface area contributed by atoms with Crippen molar-refractivity contribution < 1.29 is 9.47 Å². The lowest BCUT2D eigenvalue weighted by Crippen LogP contribution is -2.34. The molecule has 27 heavy (non-hydrogen) atoms. The Hall–Kier alpha value is -2.90. The minimum absolute atomic E-state index is 0.00683. The molecule has 0 radical (unpaired) electrons. The summed E-state index contributed by atoms with van der Waals surface area (Å²) in [7, 11) is 0. The van der Waals surface area contributed by atoms with Crippen LogP contribution in [0.1, 0.15) is 5.56 Å². The van der Waals surface area contributed by atoms with Crippen molar-refractivity contribution in [3.63, 3.8) is 0 Å². The first kappa shape index (κ1) is 17.5. The van der Waals surface area contributed by atoms with Crippen molar-refractivity contribution in [3.8, 4) is 22.4 Å². The predicted molar refractivity (Wildman–Crippen MR) is 102 cm³/mol. The maximum absolute atomic E-state index is 5.66. The van der Waals surface area contributed by atoms with Gasteiger partial charge in [0, 0.05) is 41.8 Å². The second-order valence-corrected chi connectivity index (χ2v) is 6.40. The quantitative estimate of drug-likeness (QED) is 0.746. The summed E-state index contributed by atoms with van der Waals surface area (Å²) >= 11 is 0. The molecule has 0 bridgehead atoms. The number of hydrogen-bond donors (Lipinski definition) is 1. The van der Waals surface area contributed by atoms with Crippen LogP contribution in [0.3, 0.4) is 0 Å². The summed E-state index contributed by atoms with van der Waals surface area (Å²) in [6, 6.07) is 8.27. The molecule has 4 rings (SSSR count). The normalized spacial score (nSPS) is 16.9. The van der Waals surface area contributed by atoms with Gasteiger partial charge in [0.1, 0.15) is 6.33 Å². The molecule has 7 heteroatoms. The third-order valence-electron chi connectivity index (χ3n) is 4.36. The van der Waals surface area contributed by atoms with Gasteiger partial charge in [0.15, 0.2) is 0 Å². The number of benzene rings is 1. The molecule has 0 aliphatic carbocycles. The Morgan fingerprint density at radius 2 is 1.85 bits per heavy atom. The molecule has 0 unspecified atom stereocenters. The molecular formula is C20H21N5O2. The standard InChI is InChI=1S/C20H21N5O2/c1-14-2-4-15(5-3-14)19-18(16-8-21-13-22-9-16)11-24-20(25-19)23-10-17-12-26-6-7-27-17/h2-5,8-9,11,13,17H,6-7,10,12H2,1H3,(H,23,24,25)/t17-/m0/s1. The molecule has 1 N–H and O–H groups in total. The van der Waals surface area contributed by atoms with Gasteiger partial charge in [0.2, 0.25) is 5.95 Å². The van der Waals surface area contributed by atoms with Crippen LogP contribution in [-0.2, 0) is 9.47 Å². The minimum Gasteiger partial charge on any atom is -0.376 e. The highest BCUT2D eigenvalue weighted by molar-refractivity contribution is 5.80. The van der Waals surface area contributed by atoms with E-state index in [-0.39, 0.29) is 6.10 Å². The van der Waals surface area contributed by atoms with Crippen LogP contribution in [0.25, 0.3) is 22.4 Å². The molecule has 1 atom stereocenters. The Morgan fingerprint density at radius 1 is 1.04 bits per heavy atom. The zero-order valence-electron chi connectivity index (χ0n) is 15.1. The highest BCUT2D eigenvalue weighted by Gasteiger charge is 2.16. The number of aryl methyl sites for hydroxylation is 1. The Labute approximate surface area is 157 Å². The molecular weight excluding hydrogens is 342 g/mol. The SMILES string of the molecule is Cc1ccc(-c2nc(NC[C@H]3COCCO3)ncc2-c2cncnc2)cc1. The van der Waals surface area contributed by atoms with E-state index in [0.717, 1.165) is 22.4 Å². The van der Waals surface area contributed by atoms with Crippen LogP contribution in [0, 0.1) is 6.92 Å². The zero-order valence-corrected chi connectivity index (χ0v) is 15.1. The van der Waals surface area contributed by atoms with E-state index in [1.807, 2.05) is 0 Å². The van der Waals surface area contributed by atoms with Crippen molar-refractivity contribution >= 4 is 5.95 Å². The van der Waals surface area contributed by atoms with Gasteiger partial charge in [-0.15, -0.1) is 0 Å². The van der Waals surface area contributed by atoms with Gasteiger partial charge in [-0.1, -0.05) is 29.8 Å². The van der Waals surface area contributed by atoms with Gasteiger partial charge < -0.3 is 14.8 Å². The lowest BCUT2D eigenvalue weighted by atomic mass is 10.0. The molecule has 3 aromatic rings. The molecule has 1 aliphatic heterocycles. The lowest BCUT2D eigenvalue weighted by molar-refractivity contribution is -0.0819. The van der Waals surface area contributed by atoms with Crippen molar-refractivity contribution in [2.24, 2.45) is 0 Å². The van der Waals surface area contributed by atoms with Gasteiger partial charge in [-0.2, -0.15) is 0 Å². The van der Waals surface area contributed by atoms with Gasteiger partial charge >= 0.3 is 0 Å². The molecule has 1 aromatic carbocycles. The van der Waals surface area contributed by atoms with Gasteiger partial charge in [-0.25, -0.2) is 19.9 Å². The lowest BCUT2D eigenvalue weighted by Gasteiger charge is -2.23. The molecule has 7 nitrogen and oxygen atoms in total. The fourth-order valence-electron chi connectivity index (χ4n) is 2.91. The fourth-order valence-corrected chi connectivity index (χ4v) is 2.91.